The molecule has 1 N–H and O–H groups in total. The number of rotatable bonds is 8. The van der Waals surface area contributed by atoms with E-state index < -0.39 is 0 Å². The Morgan fingerprint density at radius 2 is 2.10 bits per heavy atom. The van der Waals surface area contributed by atoms with Gasteiger partial charge in [-0.25, -0.2) is 0 Å². The van der Waals surface area contributed by atoms with E-state index in [0.29, 0.717) is 0 Å². The van der Waals surface area contributed by atoms with Gasteiger partial charge in [0.05, 0.1) is 6.61 Å². The largest absolute Gasteiger partial charge is 0.383 e. The molecule has 2 aromatic rings. The summed E-state index contributed by atoms with van der Waals surface area (Å²) < 4.78 is 6.08. The van der Waals surface area contributed by atoms with Crippen molar-refractivity contribution in [2.75, 3.05) is 26.8 Å². The highest BCUT2D eigenvalue weighted by Gasteiger charge is 2.05. The molecule has 0 saturated carbocycles. The Kier molecular flexibility index (Phi) is 6.59. The smallest absolute Gasteiger partial charge is 0.121 e. The zero-order valence-corrected chi connectivity index (χ0v) is 13.8. The quantitative estimate of drug-likeness (QED) is 0.739. The fourth-order valence-corrected chi connectivity index (χ4v) is 3.10. The number of ether oxygens (including phenoxy) is 1. The number of hydrogen-bond donors (Lipinski definition) is 1. The minimum absolute atomic E-state index is 0.740. The Bertz CT molecular complexity index is 533. The molecule has 0 saturated heterocycles. The molecule has 20 heavy (non-hydrogen) atoms. The third-order valence-electron chi connectivity index (χ3n) is 2.75. The van der Waals surface area contributed by atoms with E-state index in [1.807, 2.05) is 12.1 Å². The van der Waals surface area contributed by atoms with Crippen molar-refractivity contribution in [3.63, 3.8) is 0 Å². The van der Waals surface area contributed by atoms with Crippen molar-refractivity contribution in [2.24, 2.45) is 0 Å². The molecule has 0 atom stereocenters. The molecule has 6 heteroatoms. The van der Waals surface area contributed by atoms with Gasteiger partial charge in [0.25, 0.3) is 0 Å². The van der Waals surface area contributed by atoms with E-state index in [4.69, 9.17) is 4.74 Å². The van der Waals surface area contributed by atoms with Crippen molar-refractivity contribution in [3.8, 4) is 0 Å². The van der Waals surface area contributed by atoms with Crippen LogP contribution in [-0.2, 0) is 17.6 Å². The highest BCUT2D eigenvalue weighted by Crippen LogP contribution is 2.18. The van der Waals surface area contributed by atoms with Crippen molar-refractivity contribution in [1.29, 1.82) is 0 Å². The molecule has 0 fully saturated rings. The van der Waals surface area contributed by atoms with E-state index in [0.717, 1.165) is 47.0 Å². The van der Waals surface area contributed by atoms with Crippen molar-refractivity contribution >= 4 is 27.3 Å². The first-order valence-electron chi connectivity index (χ1n) is 6.53. The lowest BCUT2D eigenvalue weighted by Crippen LogP contribution is -2.21. The predicted octanol–water partition coefficient (Wildman–Crippen LogP) is 2.67. The van der Waals surface area contributed by atoms with E-state index in [1.54, 1.807) is 18.4 Å². The molecule has 0 aliphatic carbocycles. The Morgan fingerprint density at radius 3 is 2.90 bits per heavy atom. The lowest BCUT2D eigenvalue weighted by atomic mass is 10.2. The summed E-state index contributed by atoms with van der Waals surface area (Å²) in [7, 11) is 1.71. The number of hydrogen-bond acceptors (Lipinski definition) is 5. The molecule has 2 rings (SSSR count). The van der Waals surface area contributed by atoms with Gasteiger partial charge in [0.15, 0.2) is 0 Å². The number of aromatic nitrogens is 2. The van der Waals surface area contributed by atoms with Crippen LogP contribution in [0.1, 0.15) is 15.6 Å². The third kappa shape index (κ3) is 5.28. The first-order valence-corrected chi connectivity index (χ1v) is 8.14. The zero-order valence-electron chi connectivity index (χ0n) is 11.4. The number of benzene rings is 1. The predicted molar refractivity (Wildman–Crippen MR) is 85.3 cm³/mol. The molecule has 0 bridgehead atoms. The summed E-state index contributed by atoms with van der Waals surface area (Å²) in [5.74, 6) is 0. The standard InChI is InChI=1S/C14H18BrN3OS/c1-19-8-7-16-6-5-13-17-18-14(20-13)10-11-3-2-4-12(15)9-11/h2-4,9,16H,5-8,10H2,1H3. The van der Waals surface area contributed by atoms with Gasteiger partial charge in [0.1, 0.15) is 10.0 Å². The lowest BCUT2D eigenvalue weighted by molar-refractivity contribution is 0.199. The maximum atomic E-state index is 4.98. The molecule has 0 unspecified atom stereocenters. The number of halogens is 1. The second-order valence-corrected chi connectivity index (χ2v) is 6.45. The molecular weight excluding hydrogens is 338 g/mol. The highest BCUT2D eigenvalue weighted by atomic mass is 79.9. The molecule has 0 spiro atoms. The average molecular weight is 356 g/mol. The van der Waals surface area contributed by atoms with Crippen molar-refractivity contribution in [3.05, 3.63) is 44.3 Å². The summed E-state index contributed by atoms with van der Waals surface area (Å²) in [6, 6.07) is 8.30. The van der Waals surface area contributed by atoms with Gasteiger partial charge in [-0.15, -0.1) is 21.5 Å². The fraction of sp³-hybridized carbons (Fsp3) is 0.429. The molecule has 0 aliphatic heterocycles. The zero-order chi connectivity index (χ0) is 14.2. The maximum Gasteiger partial charge on any atom is 0.121 e. The second kappa shape index (κ2) is 8.46. The van der Waals surface area contributed by atoms with Gasteiger partial charge in [-0.05, 0) is 17.7 Å². The van der Waals surface area contributed by atoms with Crippen LogP contribution in [0, 0.1) is 0 Å². The van der Waals surface area contributed by atoms with E-state index in [2.05, 4.69) is 43.6 Å². The molecule has 1 heterocycles. The topological polar surface area (TPSA) is 47.0 Å². The normalized spacial score (nSPS) is 10.9. The first kappa shape index (κ1) is 15.6. The van der Waals surface area contributed by atoms with Crippen LogP contribution in [-0.4, -0.2) is 37.0 Å². The van der Waals surface area contributed by atoms with Crippen LogP contribution >= 0.6 is 27.3 Å². The third-order valence-corrected chi connectivity index (χ3v) is 4.23. The van der Waals surface area contributed by atoms with Crippen LogP contribution in [0.2, 0.25) is 0 Å². The molecule has 0 amide bonds. The first-order chi connectivity index (χ1) is 9.78. The van der Waals surface area contributed by atoms with Crippen LogP contribution in [0.25, 0.3) is 0 Å². The average Bonchev–Trinajstić information content (AvgIpc) is 2.86. The number of nitrogens with one attached hydrogen (secondary N) is 1. The van der Waals surface area contributed by atoms with Crippen LogP contribution in [0.4, 0.5) is 0 Å². The van der Waals surface area contributed by atoms with Gasteiger partial charge in [0.2, 0.25) is 0 Å². The summed E-state index contributed by atoms with van der Waals surface area (Å²) in [6.07, 6.45) is 1.76. The van der Waals surface area contributed by atoms with E-state index in [9.17, 15) is 0 Å². The van der Waals surface area contributed by atoms with E-state index >= 15 is 0 Å². The Labute approximate surface area is 131 Å². The van der Waals surface area contributed by atoms with Crippen LogP contribution in [0.3, 0.4) is 0 Å². The van der Waals surface area contributed by atoms with Gasteiger partial charge in [-0.1, -0.05) is 28.1 Å². The number of nitrogens with zero attached hydrogens (tertiary/aromatic N) is 2. The second-order valence-electron chi connectivity index (χ2n) is 4.39. The van der Waals surface area contributed by atoms with Gasteiger partial charge < -0.3 is 10.1 Å². The monoisotopic (exact) mass is 355 g/mol. The summed E-state index contributed by atoms with van der Waals surface area (Å²) in [5, 5.41) is 14.0. The lowest BCUT2D eigenvalue weighted by Gasteiger charge is -2.00. The summed E-state index contributed by atoms with van der Waals surface area (Å²) in [5.41, 5.74) is 1.25. The molecule has 1 aromatic carbocycles. The summed E-state index contributed by atoms with van der Waals surface area (Å²) >= 11 is 5.17. The van der Waals surface area contributed by atoms with E-state index in [-0.39, 0.29) is 0 Å². The van der Waals surface area contributed by atoms with Crippen LogP contribution < -0.4 is 5.32 Å². The minimum Gasteiger partial charge on any atom is -0.383 e. The van der Waals surface area contributed by atoms with Gasteiger partial charge in [-0.3, -0.25) is 0 Å². The Morgan fingerprint density at radius 1 is 1.25 bits per heavy atom. The molecule has 0 aliphatic rings. The maximum absolute atomic E-state index is 4.98. The molecule has 108 valence electrons. The Hall–Kier alpha value is -0.820. The van der Waals surface area contributed by atoms with Crippen molar-refractivity contribution < 1.29 is 4.74 Å². The van der Waals surface area contributed by atoms with Crippen LogP contribution in [0.5, 0.6) is 0 Å². The van der Waals surface area contributed by atoms with E-state index in [1.165, 1.54) is 5.56 Å². The summed E-state index contributed by atoms with van der Waals surface area (Å²) in [4.78, 5) is 0. The highest BCUT2D eigenvalue weighted by molar-refractivity contribution is 9.10. The number of methoxy groups -OCH3 is 1. The molecule has 4 nitrogen and oxygen atoms in total. The van der Waals surface area contributed by atoms with Crippen LogP contribution in [0.15, 0.2) is 28.7 Å². The van der Waals surface area contributed by atoms with Gasteiger partial charge in [-0.2, -0.15) is 0 Å². The fourth-order valence-electron chi connectivity index (χ4n) is 1.78. The minimum atomic E-state index is 0.740. The SMILES string of the molecule is COCCNCCc1nnc(Cc2cccc(Br)c2)s1. The van der Waals surface area contributed by atoms with Crippen molar-refractivity contribution in [2.45, 2.75) is 12.8 Å². The molecule has 0 radical (unpaired) electrons. The summed E-state index contributed by atoms with van der Waals surface area (Å²) in [6.45, 7) is 2.53. The molecule has 1 aromatic heterocycles. The van der Waals surface area contributed by atoms with Gasteiger partial charge in [0, 0.05) is 37.5 Å². The Balaban J connectivity index is 1.80. The molecular formula is C14H18BrN3OS. The van der Waals surface area contributed by atoms with Gasteiger partial charge >= 0.3 is 0 Å². The van der Waals surface area contributed by atoms with Crippen molar-refractivity contribution in [1.82, 2.24) is 15.5 Å².